The summed E-state index contributed by atoms with van der Waals surface area (Å²) >= 11 is 0. The zero-order chi connectivity index (χ0) is 29.4. The Morgan fingerprint density at radius 3 is 1.76 bits per heavy atom. The van der Waals surface area contributed by atoms with E-state index in [1.54, 1.807) is 66.7 Å². The van der Waals surface area contributed by atoms with Crippen LogP contribution in [0, 0.1) is 0 Å². The number of sulfonamides is 1. The van der Waals surface area contributed by atoms with Gasteiger partial charge in [-0.25, -0.2) is 8.42 Å². The second kappa shape index (κ2) is 13.0. The first-order valence-corrected chi connectivity index (χ1v) is 14.8. The summed E-state index contributed by atoms with van der Waals surface area (Å²) in [7, 11) is -4.05. The summed E-state index contributed by atoms with van der Waals surface area (Å²) in [5, 5.41) is 5.72. The zero-order valence-corrected chi connectivity index (χ0v) is 23.5. The van der Waals surface area contributed by atoms with Crippen molar-refractivity contribution in [2.24, 2.45) is 0 Å². The monoisotopic (exact) mass is 575 g/mol. The number of carbonyl (C=O) groups is 2. The Balaban J connectivity index is 1.46. The first kappa shape index (κ1) is 28.3. The molecule has 0 unspecified atom stereocenters. The normalized spacial score (nSPS) is 11.0. The molecule has 5 rings (SSSR count). The fraction of sp³-hybridized carbons (Fsp3) is 0.0588. The third-order valence-corrected chi connectivity index (χ3v) is 8.41. The van der Waals surface area contributed by atoms with Gasteiger partial charge in [-0.05, 0) is 47.5 Å². The highest BCUT2D eigenvalue weighted by molar-refractivity contribution is 7.92. The third kappa shape index (κ3) is 6.56. The van der Waals surface area contributed by atoms with Crippen LogP contribution in [-0.2, 0) is 23.1 Å². The number of benzene rings is 5. The van der Waals surface area contributed by atoms with Crippen LogP contribution in [0.5, 0.6) is 0 Å². The van der Waals surface area contributed by atoms with E-state index in [2.05, 4.69) is 10.6 Å². The highest BCUT2D eigenvalue weighted by atomic mass is 32.2. The van der Waals surface area contributed by atoms with E-state index in [1.165, 1.54) is 16.4 Å². The standard InChI is InChI=1S/C34H29N3O4S/c38-33(35-24-26-14-4-1-5-15-26)29-20-10-12-22-31(29)36-34(39)30-21-11-13-23-32(30)37(25-27-16-6-2-7-17-27)42(40,41)28-18-8-3-9-19-28/h1-23H,24-25H2,(H,35,38)(H,36,39). The van der Waals surface area contributed by atoms with E-state index < -0.39 is 15.9 Å². The third-order valence-electron chi connectivity index (χ3n) is 6.63. The molecule has 2 N–H and O–H groups in total. The maximum atomic E-state index is 13.9. The van der Waals surface area contributed by atoms with Gasteiger partial charge in [0.05, 0.1) is 33.9 Å². The number of amides is 2. The van der Waals surface area contributed by atoms with Crippen molar-refractivity contribution in [1.82, 2.24) is 5.32 Å². The molecule has 0 heterocycles. The number of hydrogen-bond acceptors (Lipinski definition) is 4. The number of para-hydroxylation sites is 2. The SMILES string of the molecule is O=C(NCc1ccccc1)c1ccccc1NC(=O)c1ccccc1N(Cc1ccccc1)S(=O)(=O)c1ccccc1. The molecule has 0 aliphatic heterocycles. The van der Waals surface area contributed by atoms with Crippen LogP contribution in [0.1, 0.15) is 31.8 Å². The molecule has 0 saturated carbocycles. The Kier molecular flexibility index (Phi) is 8.75. The number of carbonyl (C=O) groups excluding carboxylic acids is 2. The van der Waals surface area contributed by atoms with Gasteiger partial charge in [-0.3, -0.25) is 13.9 Å². The molecule has 0 fully saturated rings. The second-order valence-corrected chi connectivity index (χ2v) is 11.4. The van der Waals surface area contributed by atoms with E-state index in [-0.39, 0.29) is 34.2 Å². The van der Waals surface area contributed by atoms with Crippen LogP contribution in [0.3, 0.4) is 0 Å². The van der Waals surface area contributed by atoms with Gasteiger partial charge < -0.3 is 10.6 Å². The van der Waals surface area contributed by atoms with Crippen molar-refractivity contribution in [2.45, 2.75) is 18.0 Å². The Hall–Kier alpha value is -5.21. The molecule has 0 saturated heterocycles. The number of nitrogens with zero attached hydrogens (tertiary/aromatic N) is 1. The van der Waals surface area contributed by atoms with Gasteiger partial charge in [0.15, 0.2) is 0 Å². The molecule has 210 valence electrons. The molecular weight excluding hydrogens is 546 g/mol. The number of anilines is 2. The van der Waals surface area contributed by atoms with E-state index in [4.69, 9.17) is 0 Å². The molecule has 0 aliphatic rings. The molecule has 0 atom stereocenters. The average molecular weight is 576 g/mol. The van der Waals surface area contributed by atoms with Crippen LogP contribution in [0.15, 0.2) is 144 Å². The molecular formula is C34H29N3O4S. The van der Waals surface area contributed by atoms with E-state index >= 15 is 0 Å². The zero-order valence-electron chi connectivity index (χ0n) is 22.7. The first-order valence-electron chi connectivity index (χ1n) is 13.4. The van der Waals surface area contributed by atoms with Crippen molar-refractivity contribution >= 4 is 33.2 Å². The lowest BCUT2D eigenvalue weighted by Crippen LogP contribution is -2.32. The highest BCUT2D eigenvalue weighted by Crippen LogP contribution is 2.30. The van der Waals surface area contributed by atoms with Gasteiger partial charge in [0.25, 0.3) is 21.8 Å². The second-order valence-electron chi connectivity index (χ2n) is 9.50. The van der Waals surface area contributed by atoms with Crippen molar-refractivity contribution in [3.05, 3.63) is 162 Å². The van der Waals surface area contributed by atoms with Gasteiger partial charge >= 0.3 is 0 Å². The molecule has 8 heteroatoms. The quantitative estimate of drug-likeness (QED) is 0.205. The highest BCUT2D eigenvalue weighted by Gasteiger charge is 2.29. The minimum absolute atomic E-state index is 0.0147. The average Bonchev–Trinajstić information content (AvgIpc) is 3.04. The van der Waals surface area contributed by atoms with E-state index in [0.717, 1.165) is 11.1 Å². The van der Waals surface area contributed by atoms with Gasteiger partial charge in [-0.2, -0.15) is 0 Å². The Labute approximate surface area is 245 Å². The predicted octanol–water partition coefficient (Wildman–Crippen LogP) is 6.26. The molecule has 7 nitrogen and oxygen atoms in total. The molecule has 2 amide bonds. The van der Waals surface area contributed by atoms with Crippen molar-refractivity contribution in [3.8, 4) is 0 Å². The summed E-state index contributed by atoms with van der Waals surface area (Å²) in [6.45, 7) is 0.345. The maximum absolute atomic E-state index is 13.9. The topological polar surface area (TPSA) is 95.6 Å². The van der Waals surface area contributed by atoms with Gasteiger partial charge in [-0.1, -0.05) is 103 Å². The van der Waals surface area contributed by atoms with E-state index in [9.17, 15) is 18.0 Å². The van der Waals surface area contributed by atoms with E-state index in [0.29, 0.717) is 12.2 Å². The number of nitrogens with one attached hydrogen (secondary N) is 2. The summed E-state index contributed by atoms with van der Waals surface area (Å²) in [6.07, 6.45) is 0. The lowest BCUT2D eigenvalue weighted by atomic mass is 10.1. The molecule has 5 aromatic rings. The lowest BCUT2D eigenvalue weighted by Gasteiger charge is -2.26. The number of hydrogen-bond donors (Lipinski definition) is 2. The summed E-state index contributed by atoms with van der Waals surface area (Å²) in [4.78, 5) is 26.9. The van der Waals surface area contributed by atoms with Crippen molar-refractivity contribution in [2.75, 3.05) is 9.62 Å². The molecule has 0 aliphatic carbocycles. The van der Waals surface area contributed by atoms with Crippen LogP contribution in [0.25, 0.3) is 0 Å². The van der Waals surface area contributed by atoms with Crippen molar-refractivity contribution in [1.29, 1.82) is 0 Å². The first-order chi connectivity index (χ1) is 20.4. The molecule has 5 aromatic carbocycles. The van der Waals surface area contributed by atoms with E-state index in [1.807, 2.05) is 60.7 Å². The fourth-order valence-electron chi connectivity index (χ4n) is 4.50. The Bertz CT molecular complexity index is 1780. The van der Waals surface area contributed by atoms with Crippen LogP contribution in [0.4, 0.5) is 11.4 Å². The molecule has 0 spiro atoms. The smallest absolute Gasteiger partial charge is 0.264 e. The molecule has 0 aromatic heterocycles. The summed E-state index contributed by atoms with van der Waals surface area (Å²) in [5.41, 5.74) is 2.66. The molecule has 0 bridgehead atoms. The van der Waals surface area contributed by atoms with Crippen LogP contribution in [0.2, 0.25) is 0 Å². The van der Waals surface area contributed by atoms with Gasteiger partial charge in [0, 0.05) is 6.54 Å². The van der Waals surface area contributed by atoms with Gasteiger partial charge in [0.2, 0.25) is 0 Å². The Morgan fingerprint density at radius 1 is 0.571 bits per heavy atom. The van der Waals surface area contributed by atoms with Gasteiger partial charge in [0.1, 0.15) is 0 Å². The summed E-state index contributed by atoms with van der Waals surface area (Å²) in [6, 6.07) is 40.1. The molecule has 0 radical (unpaired) electrons. The maximum Gasteiger partial charge on any atom is 0.264 e. The number of rotatable bonds is 10. The predicted molar refractivity (Wildman–Crippen MR) is 165 cm³/mol. The van der Waals surface area contributed by atoms with Crippen molar-refractivity contribution in [3.63, 3.8) is 0 Å². The minimum atomic E-state index is -4.05. The fourth-order valence-corrected chi connectivity index (χ4v) is 6.00. The Morgan fingerprint density at radius 2 is 1.10 bits per heavy atom. The molecule has 42 heavy (non-hydrogen) atoms. The van der Waals surface area contributed by atoms with Crippen LogP contribution < -0.4 is 14.9 Å². The minimum Gasteiger partial charge on any atom is -0.348 e. The van der Waals surface area contributed by atoms with Gasteiger partial charge in [-0.15, -0.1) is 0 Å². The van der Waals surface area contributed by atoms with Crippen molar-refractivity contribution < 1.29 is 18.0 Å². The largest absolute Gasteiger partial charge is 0.348 e. The lowest BCUT2D eigenvalue weighted by molar-refractivity contribution is 0.0951. The van der Waals surface area contributed by atoms with Crippen LogP contribution >= 0.6 is 0 Å². The summed E-state index contributed by atoms with van der Waals surface area (Å²) in [5.74, 6) is -0.893. The summed E-state index contributed by atoms with van der Waals surface area (Å²) < 4.78 is 29.1. The van der Waals surface area contributed by atoms with Crippen LogP contribution in [-0.4, -0.2) is 20.2 Å².